The molecule has 8 nitrogen and oxygen atoms in total. The topological polar surface area (TPSA) is 92.3 Å². The van der Waals surface area contributed by atoms with Crippen molar-refractivity contribution in [2.75, 3.05) is 6.79 Å². The summed E-state index contributed by atoms with van der Waals surface area (Å²) >= 11 is 1.52. The fourth-order valence-electron chi connectivity index (χ4n) is 4.01. The Labute approximate surface area is 173 Å². The van der Waals surface area contributed by atoms with Crippen LogP contribution < -0.4 is 4.74 Å². The Morgan fingerprint density at radius 2 is 2.14 bits per heavy atom. The number of aromatic nitrogens is 3. The van der Waals surface area contributed by atoms with Crippen molar-refractivity contribution in [1.82, 2.24) is 14.8 Å². The fourth-order valence-corrected chi connectivity index (χ4v) is 4.93. The highest BCUT2D eigenvalue weighted by atomic mass is 32.2. The van der Waals surface area contributed by atoms with E-state index in [0.29, 0.717) is 36.1 Å². The van der Waals surface area contributed by atoms with Gasteiger partial charge in [-0.3, -0.25) is 10.1 Å². The maximum absolute atomic E-state index is 11.3. The molecule has 2 aromatic rings. The number of hydrogen-bond acceptors (Lipinski definition) is 7. The number of thioether (sulfide) groups is 1. The summed E-state index contributed by atoms with van der Waals surface area (Å²) in [4.78, 5) is 10.9. The maximum Gasteiger partial charge on any atom is 0.270 e. The third-order valence-electron chi connectivity index (χ3n) is 5.37. The van der Waals surface area contributed by atoms with Crippen LogP contribution in [0.3, 0.4) is 0 Å². The number of allylic oxidation sites excluding steroid dienone is 1. The van der Waals surface area contributed by atoms with Gasteiger partial charge in [0.05, 0.1) is 11.5 Å². The van der Waals surface area contributed by atoms with Crippen molar-refractivity contribution in [3.63, 3.8) is 0 Å². The van der Waals surface area contributed by atoms with Crippen LogP contribution in [-0.4, -0.2) is 26.5 Å². The summed E-state index contributed by atoms with van der Waals surface area (Å²) in [6.07, 6.45) is 7.89. The zero-order valence-electron chi connectivity index (χ0n) is 16.2. The molecule has 0 bridgehead atoms. The third-order valence-corrected chi connectivity index (χ3v) is 6.38. The number of nitrogens with zero attached hydrogens (tertiary/aromatic N) is 4. The lowest BCUT2D eigenvalue weighted by Gasteiger charge is -2.22. The molecule has 29 heavy (non-hydrogen) atoms. The summed E-state index contributed by atoms with van der Waals surface area (Å²) in [7, 11) is 0. The van der Waals surface area contributed by atoms with Gasteiger partial charge in [0.25, 0.3) is 5.69 Å². The Bertz CT molecular complexity index is 908. The van der Waals surface area contributed by atoms with E-state index in [-0.39, 0.29) is 17.4 Å². The van der Waals surface area contributed by atoms with Crippen LogP contribution in [0.1, 0.15) is 55.0 Å². The molecule has 1 aromatic heterocycles. The first-order chi connectivity index (χ1) is 14.2. The second-order valence-electron chi connectivity index (χ2n) is 7.32. The van der Waals surface area contributed by atoms with Crippen LogP contribution in [0.4, 0.5) is 5.69 Å². The predicted octanol–water partition coefficient (Wildman–Crippen LogP) is 4.58. The normalized spacial score (nSPS) is 16.8. The minimum absolute atomic E-state index is 0.0453. The van der Waals surface area contributed by atoms with Gasteiger partial charge in [0.1, 0.15) is 11.6 Å². The molecule has 1 aromatic carbocycles. The number of fused-ring (bicyclic) bond motifs is 1. The Kier molecular flexibility index (Phi) is 6.15. The average Bonchev–Trinajstić information content (AvgIpc) is 3.15. The van der Waals surface area contributed by atoms with Crippen molar-refractivity contribution in [2.45, 2.75) is 62.1 Å². The highest BCUT2D eigenvalue weighted by molar-refractivity contribution is 7.98. The minimum atomic E-state index is -0.384. The van der Waals surface area contributed by atoms with Gasteiger partial charge in [-0.2, -0.15) is 0 Å². The first-order valence-electron chi connectivity index (χ1n) is 9.85. The number of nitro benzene ring substituents is 1. The Hall–Kier alpha value is -2.39. The number of rotatable bonds is 7. The lowest BCUT2D eigenvalue weighted by Crippen LogP contribution is -2.14. The van der Waals surface area contributed by atoms with Crippen molar-refractivity contribution in [3.05, 3.63) is 51.9 Å². The second-order valence-corrected chi connectivity index (χ2v) is 8.27. The van der Waals surface area contributed by atoms with Crippen LogP contribution in [-0.2, 0) is 23.6 Å². The van der Waals surface area contributed by atoms with Gasteiger partial charge in [0, 0.05) is 41.5 Å². The van der Waals surface area contributed by atoms with E-state index in [9.17, 15) is 10.1 Å². The summed E-state index contributed by atoms with van der Waals surface area (Å²) < 4.78 is 13.0. The molecule has 0 saturated heterocycles. The highest BCUT2D eigenvalue weighted by Gasteiger charge is 2.25. The van der Waals surface area contributed by atoms with E-state index in [1.165, 1.54) is 37.1 Å². The van der Waals surface area contributed by atoms with Crippen LogP contribution in [0, 0.1) is 10.1 Å². The number of non-ortho nitro benzene ring substituents is 1. The molecule has 2 heterocycles. The smallest absolute Gasteiger partial charge is 0.270 e. The predicted molar refractivity (Wildman–Crippen MR) is 109 cm³/mol. The van der Waals surface area contributed by atoms with Gasteiger partial charge in [0.15, 0.2) is 11.9 Å². The molecule has 0 spiro atoms. The van der Waals surface area contributed by atoms with E-state index in [1.54, 1.807) is 6.07 Å². The van der Waals surface area contributed by atoms with Gasteiger partial charge >= 0.3 is 0 Å². The largest absolute Gasteiger partial charge is 0.467 e. The Morgan fingerprint density at radius 1 is 1.31 bits per heavy atom. The summed E-state index contributed by atoms with van der Waals surface area (Å²) in [5.41, 5.74) is 1.52. The standard InChI is InChI=1S/C20H24N4O4S/c1-2-8-23-19(14-6-4-3-5-7-14)21-22-20(23)29-12-16-10-17(24(25)26)9-15-11-27-13-28-18(15)16/h2,9-10,14H,1,3-8,11-13H2. The van der Waals surface area contributed by atoms with Gasteiger partial charge in [-0.25, -0.2) is 0 Å². The summed E-state index contributed by atoms with van der Waals surface area (Å²) in [5, 5.41) is 21.0. The number of benzene rings is 1. The molecule has 0 atom stereocenters. The van der Waals surface area contributed by atoms with E-state index >= 15 is 0 Å². The van der Waals surface area contributed by atoms with E-state index < -0.39 is 0 Å². The third kappa shape index (κ3) is 4.30. The van der Waals surface area contributed by atoms with E-state index in [4.69, 9.17) is 9.47 Å². The Balaban J connectivity index is 1.59. The molecule has 0 unspecified atom stereocenters. The summed E-state index contributed by atoms with van der Waals surface area (Å²) in [5.74, 6) is 2.65. The molecule has 0 N–H and O–H groups in total. The van der Waals surface area contributed by atoms with Gasteiger partial charge in [0.2, 0.25) is 0 Å². The zero-order valence-corrected chi connectivity index (χ0v) is 17.0. The number of nitro groups is 1. The van der Waals surface area contributed by atoms with Crippen molar-refractivity contribution >= 4 is 17.4 Å². The van der Waals surface area contributed by atoms with Crippen molar-refractivity contribution < 1.29 is 14.4 Å². The van der Waals surface area contributed by atoms with Crippen LogP contribution in [0.5, 0.6) is 5.75 Å². The first kappa shape index (κ1) is 19.9. The molecule has 0 amide bonds. The first-order valence-corrected chi connectivity index (χ1v) is 10.8. The van der Waals surface area contributed by atoms with Gasteiger partial charge < -0.3 is 14.0 Å². The molecule has 1 fully saturated rings. The lowest BCUT2D eigenvalue weighted by atomic mass is 9.89. The molecule has 154 valence electrons. The molecule has 9 heteroatoms. The Morgan fingerprint density at radius 3 is 2.90 bits per heavy atom. The molecular formula is C20H24N4O4S. The monoisotopic (exact) mass is 416 g/mol. The summed E-state index contributed by atoms with van der Waals surface area (Å²) in [6.45, 7) is 4.99. The number of hydrogen-bond donors (Lipinski definition) is 0. The molecule has 0 radical (unpaired) electrons. The molecule has 1 aliphatic carbocycles. The van der Waals surface area contributed by atoms with Gasteiger partial charge in [-0.15, -0.1) is 16.8 Å². The fraction of sp³-hybridized carbons (Fsp3) is 0.500. The second kappa shape index (κ2) is 8.96. The molecule has 1 aliphatic heterocycles. The van der Waals surface area contributed by atoms with E-state index in [2.05, 4.69) is 21.3 Å². The SMILES string of the molecule is C=CCn1c(SCc2cc([N+](=O)[O-])cc3c2OCOC3)nnc1C1CCCCC1. The summed E-state index contributed by atoms with van der Waals surface area (Å²) in [6, 6.07) is 3.09. The molecule has 2 aliphatic rings. The minimum Gasteiger partial charge on any atom is -0.467 e. The molecule has 4 rings (SSSR count). The van der Waals surface area contributed by atoms with Crippen molar-refractivity contribution in [1.29, 1.82) is 0 Å². The quantitative estimate of drug-likeness (QED) is 0.282. The highest BCUT2D eigenvalue weighted by Crippen LogP contribution is 2.37. The van der Waals surface area contributed by atoms with E-state index in [1.807, 2.05) is 6.08 Å². The van der Waals surface area contributed by atoms with Crippen molar-refractivity contribution in [2.24, 2.45) is 0 Å². The average molecular weight is 417 g/mol. The van der Waals surface area contributed by atoms with Crippen LogP contribution in [0.25, 0.3) is 0 Å². The maximum atomic E-state index is 11.3. The zero-order chi connectivity index (χ0) is 20.2. The van der Waals surface area contributed by atoms with Crippen LogP contribution >= 0.6 is 11.8 Å². The van der Waals surface area contributed by atoms with Gasteiger partial charge in [-0.1, -0.05) is 37.1 Å². The molecule has 1 saturated carbocycles. The van der Waals surface area contributed by atoms with Crippen LogP contribution in [0.15, 0.2) is 29.9 Å². The number of ether oxygens (including phenoxy) is 2. The van der Waals surface area contributed by atoms with Crippen molar-refractivity contribution in [3.8, 4) is 5.75 Å². The van der Waals surface area contributed by atoms with Crippen LogP contribution in [0.2, 0.25) is 0 Å². The lowest BCUT2D eigenvalue weighted by molar-refractivity contribution is -0.385. The van der Waals surface area contributed by atoms with E-state index in [0.717, 1.165) is 29.4 Å². The molecular weight excluding hydrogens is 392 g/mol. The van der Waals surface area contributed by atoms with Gasteiger partial charge in [-0.05, 0) is 12.8 Å².